The molecule has 2 aromatic carbocycles. The summed E-state index contributed by atoms with van der Waals surface area (Å²) >= 11 is 0. The van der Waals surface area contributed by atoms with Gasteiger partial charge in [0.1, 0.15) is 6.61 Å². The Labute approximate surface area is 123 Å². The van der Waals surface area contributed by atoms with Crippen LogP contribution in [0.5, 0.6) is 0 Å². The van der Waals surface area contributed by atoms with E-state index in [4.69, 9.17) is 4.74 Å². The zero-order valence-corrected chi connectivity index (χ0v) is 12.1. The molecule has 0 amide bonds. The number of aryl methyl sites for hydroxylation is 1. The van der Waals surface area contributed by atoms with E-state index >= 15 is 0 Å². The summed E-state index contributed by atoms with van der Waals surface area (Å²) in [6.45, 7) is 3.79. The number of esters is 1. The molecule has 21 heavy (non-hydrogen) atoms. The third-order valence-corrected chi connectivity index (χ3v) is 3.46. The molecule has 3 rings (SSSR count). The van der Waals surface area contributed by atoms with Crippen molar-refractivity contribution in [2.45, 2.75) is 20.5 Å². The smallest absolute Gasteiger partial charge is 0.303 e. The maximum atomic E-state index is 10.9. The summed E-state index contributed by atoms with van der Waals surface area (Å²) in [7, 11) is 0. The average molecular weight is 279 g/mol. The van der Waals surface area contributed by atoms with Gasteiger partial charge >= 0.3 is 5.97 Å². The number of carbonyl (C=O) groups excluding carboxylic acids is 1. The van der Waals surface area contributed by atoms with E-state index < -0.39 is 0 Å². The second kappa shape index (κ2) is 5.44. The number of rotatable bonds is 3. The zero-order valence-electron chi connectivity index (χ0n) is 12.1. The van der Waals surface area contributed by atoms with E-state index in [1.54, 1.807) is 0 Å². The summed E-state index contributed by atoms with van der Waals surface area (Å²) in [5, 5.41) is 1.12. The molecule has 0 fully saturated rings. The van der Waals surface area contributed by atoms with Crippen molar-refractivity contribution in [3.05, 3.63) is 59.8 Å². The summed E-state index contributed by atoms with van der Waals surface area (Å²) in [6.07, 6.45) is 0. The minimum absolute atomic E-state index is 0.269. The number of benzene rings is 2. The van der Waals surface area contributed by atoms with Gasteiger partial charge in [0.2, 0.25) is 0 Å². The van der Waals surface area contributed by atoms with E-state index in [0.717, 1.165) is 16.6 Å². The van der Waals surface area contributed by atoms with Crippen molar-refractivity contribution in [2.75, 3.05) is 0 Å². The molecule has 1 N–H and O–H groups in total. The molecule has 0 bridgehead atoms. The predicted octanol–water partition coefficient (Wildman–Crippen LogP) is 4.21. The monoisotopic (exact) mass is 279 g/mol. The molecule has 0 aliphatic carbocycles. The number of aromatic amines is 1. The summed E-state index contributed by atoms with van der Waals surface area (Å²) in [4.78, 5) is 14.1. The van der Waals surface area contributed by atoms with E-state index in [1.165, 1.54) is 23.6 Å². The molecule has 0 aliphatic rings. The van der Waals surface area contributed by atoms with Crippen molar-refractivity contribution in [1.82, 2.24) is 4.98 Å². The Morgan fingerprint density at radius 1 is 1.10 bits per heavy atom. The van der Waals surface area contributed by atoms with Crippen LogP contribution in [0.1, 0.15) is 18.2 Å². The molecule has 0 atom stereocenters. The highest BCUT2D eigenvalue weighted by Gasteiger charge is 2.05. The first kappa shape index (κ1) is 13.4. The quantitative estimate of drug-likeness (QED) is 0.730. The van der Waals surface area contributed by atoms with Crippen LogP contribution in [-0.4, -0.2) is 11.0 Å². The minimum atomic E-state index is -0.269. The SMILES string of the molecule is CC(=O)OCc1cc2cc(-c3cccc(C)c3)ccc2[nH]1. The second-order valence-corrected chi connectivity index (χ2v) is 5.25. The highest BCUT2D eigenvalue weighted by molar-refractivity contribution is 5.86. The minimum Gasteiger partial charge on any atom is -0.459 e. The maximum absolute atomic E-state index is 10.9. The fourth-order valence-electron chi connectivity index (χ4n) is 2.45. The van der Waals surface area contributed by atoms with Crippen LogP contribution in [0.4, 0.5) is 0 Å². The fraction of sp³-hybridized carbons (Fsp3) is 0.167. The normalized spacial score (nSPS) is 10.8. The van der Waals surface area contributed by atoms with Gasteiger partial charge in [-0.1, -0.05) is 35.9 Å². The molecule has 0 saturated heterocycles. The number of nitrogens with one attached hydrogen (secondary N) is 1. The Balaban J connectivity index is 1.94. The number of H-pyrrole nitrogens is 1. The molecule has 0 aliphatic heterocycles. The number of hydrogen-bond acceptors (Lipinski definition) is 2. The Bertz CT molecular complexity index is 802. The highest BCUT2D eigenvalue weighted by atomic mass is 16.5. The molecule has 1 heterocycles. The van der Waals surface area contributed by atoms with Crippen LogP contribution in [0.2, 0.25) is 0 Å². The first-order chi connectivity index (χ1) is 10.1. The molecule has 0 radical (unpaired) electrons. The van der Waals surface area contributed by atoms with Crippen LogP contribution in [0.3, 0.4) is 0 Å². The van der Waals surface area contributed by atoms with E-state index in [0.29, 0.717) is 0 Å². The molecule has 1 aromatic heterocycles. The summed E-state index contributed by atoms with van der Waals surface area (Å²) < 4.78 is 5.02. The second-order valence-electron chi connectivity index (χ2n) is 5.25. The van der Waals surface area contributed by atoms with Crippen LogP contribution < -0.4 is 0 Å². The lowest BCUT2D eigenvalue weighted by molar-refractivity contribution is -0.142. The van der Waals surface area contributed by atoms with Crippen LogP contribution >= 0.6 is 0 Å². The Morgan fingerprint density at radius 2 is 1.90 bits per heavy atom. The topological polar surface area (TPSA) is 42.1 Å². The van der Waals surface area contributed by atoms with E-state index in [-0.39, 0.29) is 12.6 Å². The van der Waals surface area contributed by atoms with E-state index in [1.807, 2.05) is 6.07 Å². The van der Waals surface area contributed by atoms with Crippen molar-refractivity contribution in [2.24, 2.45) is 0 Å². The van der Waals surface area contributed by atoms with Gasteiger partial charge in [0.05, 0.1) is 5.69 Å². The van der Waals surface area contributed by atoms with Gasteiger partial charge in [-0.05, 0) is 36.2 Å². The molecule has 0 unspecified atom stereocenters. The molecule has 3 heteroatoms. The molecule has 0 spiro atoms. The molecule has 106 valence electrons. The average Bonchev–Trinajstić information content (AvgIpc) is 2.87. The van der Waals surface area contributed by atoms with Crippen molar-refractivity contribution in [1.29, 1.82) is 0 Å². The number of carbonyl (C=O) groups is 1. The lowest BCUT2D eigenvalue weighted by atomic mass is 10.0. The van der Waals surface area contributed by atoms with E-state index in [9.17, 15) is 4.79 Å². The van der Waals surface area contributed by atoms with Gasteiger partial charge < -0.3 is 9.72 Å². The highest BCUT2D eigenvalue weighted by Crippen LogP contribution is 2.25. The molecular weight excluding hydrogens is 262 g/mol. The summed E-state index contributed by atoms with van der Waals surface area (Å²) in [5.74, 6) is -0.269. The van der Waals surface area contributed by atoms with Crippen molar-refractivity contribution >= 4 is 16.9 Å². The van der Waals surface area contributed by atoms with Gasteiger partial charge in [-0.2, -0.15) is 0 Å². The van der Waals surface area contributed by atoms with Gasteiger partial charge in [0, 0.05) is 17.8 Å². The largest absolute Gasteiger partial charge is 0.459 e. The summed E-state index contributed by atoms with van der Waals surface area (Å²) in [6, 6.07) is 16.8. The lowest BCUT2D eigenvalue weighted by Crippen LogP contribution is -1.98. The number of hydrogen-bond donors (Lipinski definition) is 1. The van der Waals surface area contributed by atoms with Gasteiger partial charge in [-0.3, -0.25) is 4.79 Å². The lowest BCUT2D eigenvalue weighted by Gasteiger charge is -2.03. The van der Waals surface area contributed by atoms with Crippen LogP contribution in [-0.2, 0) is 16.1 Å². The number of fused-ring (bicyclic) bond motifs is 1. The number of aromatic nitrogens is 1. The van der Waals surface area contributed by atoms with Gasteiger partial charge in [-0.15, -0.1) is 0 Å². The van der Waals surface area contributed by atoms with Gasteiger partial charge in [-0.25, -0.2) is 0 Å². The van der Waals surface area contributed by atoms with Crippen LogP contribution in [0.25, 0.3) is 22.0 Å². The molecule has 3 aromatic rings. The Kier molecular flexibility index (Phi) is 3.48. The van der Waals surface area contributed by atoms with Gasteiger partial charge in [0.15, 0.2) is 0 Å². The number of ether oxygens (including phenoxy) is 1. The van der Waals surface area contributed by atoms with E-state index in [2.05, 4.69) is 54.4 Å². The van der Waals surface area contributed by atoms with Crippen LogP contribution in [0, 0.1) is 6.92 Å². The van der Waals surface area contributed by atoms with Gasteiger partial charge in [0.25, 0.3) is 0 Å². The zero-order chi connectivity index (χ0) is 14.8. The van der Waals surface area contributed by atoms with Crippen LogP contribution in [0.15, 0.2) is 48.5 Å². The Hall–Kier alpha value is -2.55. The standard InChI is InChI=1S/C18H17NO2/c1-12-4-3-5-14(8-12)15-6-7-18-16(9-15)10-17(19-18)11-21-13(2)20/h3-10,19H,11H2,1-2H3. The molecular formula is C18H17NO2. The third kappa shape index (κ3) is 2.97. The molecule has 3 nitrogen and oxygen atoms in total. The maximum Gasteiger partial charge on any atom is 0.303 e. The third-order valence-electron chi connectivity index (χ3n) is 3.46. The first-order valence-corrected chi connectivity index (χ1v) is 6.94. The predicted molar refractivity (Wildman–Crippen MR) is 83.9 cm³/mol. The fourth-order valence-corrected chi connectivity index (χ4v) is 2.45. The first-order valence-electron chi connectivity index (χ1n) is 6.94. The van der Waals surface area contributed by atoms with Crippen molar-refractivity contribution in [3.63, 3.8) is 0 Å². The Morgan fingerprint density at radius 3 is 2.67 bits per heavy atom. The summed E-state index contributed by atoms with van der Waals surface area (Å²) in [5.41, 5.74) is 5.59. The van der Waals surface area contributed by atoms with Crippen molar-refractivity contribution < 1.29 is 9.53 Å². The van der Waals surface area contributed by atoms with Crippen molar-refractivity contribution in [3.8, 4) is 11.1 Å². The molecule has 0 saturated carbocycles.